The third kappa shape index (κ3) is 4.27. The molecule has 0 radical (unpaired) electrons. The molecule has 3 amide bonds. The Bertz CT molecular complexity index is 878. The lowest BCUT2D eigenvalue weighted by Crippen LogP contribution is -2.42. The number of carbonyl (C=O) groups excluding carboxylic acids is 2. The molecule has 1 aliphatic heterocycles. The highest BCUT2D eigenvalue weighted by Gasteiger charge is 2.35. The fourth-order valence-corrected chi connectivity index (χ4v) is 4.77. The molecular formula is C24H29N3O3. The number of urea groups is 1. The van der Waals surface area contributed by atoms with Crippen molar-refractivity contribution in [3.8, 4) is 5.75 Å². The zero-order valence-electron chi connectivity index (χ0n) is 17.3. The van der Waals surface area contributed by atoms with Crippen LogP contribution in [-0.2, 0) is 0 Å². The Hall–Kier alpha value is -3.02. The number of nitrogens with zero attached hydrogens (tertiary/aromatic N) is 1. The van der Waals surface area contributed by atoms with E-state index in [0.29, 0.717) is 23.3 Å². The van der Waals surface area contributed by atoms with Gasteiger partial charge in [0, 0.05) is 19.1 Å². The molecule has 1 saturated carbocycles. The van der Waals surface area contributed by atoms with Crippen LogP contribution in [0.15, 0.2) is 54.6 Å². The molecule has 30 heavy (non-hydrogen) atoms. The number of para-hydroxylation sites is 1. The largest absolute Gasteiger partial charge is 0.496 e. The summed E-state index contributed by atoms with van der Waals surface area (Å²) in [6.45, 7) is 1.53. The summed E-state index contributed by atoms with van der Waals surface area (Å²) < 4.78 is 5.38. The van der Waals surface area contributed by atoms with Crippen molar-refractivity contribution in [3.63, 3.8) is 0 Å². The third-order valence-electron chi connectivity index (χ3n) is 6.34. The van der Waals surface area contributed by atoms with E-state index in [4.69, 9.17) is 4.74 Å². The van der Waals surface area contributed by atoms with Gasteiger partial charge in [-0.3, -0.25) is 4.79 Å². The summed E-state index contributed by atoms with van der Waals surface area (Å²) in [5.74, 6) is 0.779. The Morgan fingerprint density at radius 2 is 1.77 bits per heavy atom. The molecule has 6 nitrogen and oxygen atoms in total. The molecule has 0 spiro atoms. The van der Waals surface area contributed by atoms with Gasteiger partial charge in [-0.2, -0.15) is 0 Å². The normalized spacial score (nSPS) is 22.3. The molecule has 2 N–H and O–H groups in total. The van der Waals surface area contributed by atoms with Crippen LogP contribution in [0.1, 0.15) is 47.6 Å². The van der Waals surface area contributed by atoms with Crippen LogP contribution in [-0.4, -0.2) is 43.1 Å². The SMILES string of the molecule is COc1ccccc1C(=O)NC(c1ccccc1)C1CCC(N2CCNC2=O)CC1. The minimum atomic E-state index is -0.123. The van der Waals surface area contributed by atoms with Gasteiger partial charge in [0.2, 0.25) is 0 Å². The summed E-state index contributed by atoms with van der Waals surface area (Å²) >= 11 is 0. The molecule has 2 aliphatic rings. The Balaban J connectivity index is 1.50. The second-order valence-corrected chi connectivity index (χ2v) is 8.06. The molecule has 6 heteroatoms. The van der Waals surface area contributed by atoms with Crippen LogP contribution in [0.25, 0.3) is 0 Å². The van der Waals surface area contributed by atoms with Crippen LogP contribution in [0.2, 0.25) is 0 Å². The Labute approximate surface area is 177 Å². The lowest BCUT2D eigenvalue weighted by Gasteiger charge is -2.37. The van der Waals surface area contributed by atoms with Crippen molar-refractivity contribution in [3.05, 3.63) is 65.7 Å². The zero-order chi connectivity index (χ0) is 20.9. The average Bonchev–Trinajstić information content (AvgIpc) is 3.24. The van der Waals surface area contributed by atoms with Crippen LogP contribution in [0.4, 0.5) is 4.79 Å². The zero-order valence-corrected chi connectivity index (χ0v) is 17.3. The molecule has 4 rings (SSSR count). The Morgan fingerprint density at radius 3 is 2.43 bits per heavy atom. The van der Waals surface area contributed by atoms with Crippen molar-refractivity contribution in [2.24, 2.45) is 5.92 Å². The maximum absolute atomic E-state index is 13.1. The summed E-state index contributed by atoms with van der Waals surface area (Å²) in [5.41, 5.74) is 1.66. The highest BCUT2D eigenvalue weighted by atomic mass is 16.5. The van der Waals surface area contributed by atoms with Crippen molar-refractivity contribution in [1.29, 1.82) is 0 Å². The maximum Gasteiger partial charge on any atom is 0.317 e. The van der Waals surface area contributed by atoms with Gasteiger partial charge >= 0.3 is 6.03 Å². The lowest BCUT2D eigenvalue weighted by molar-refractivity contribution is 0.0898. The molecule has 1 heterocycles. The predicted octanol–water partition coefficient (Wildman–Crippen LogP) is 3.75. The van der Waals surface area contributed by atoms with Crippen LogP contribution in [0.5, 0.6) is 5.75 Å². The average molecular weight is 408 g/mol. The van der Waals surface area contributed by atoms with E-state index in [0.717, 1.165) is 44.3 Å². The van der Waals surface area contributed by atoms with E-state index >= 15 is 0 Å². The summed E-state index contributed by atoms with van der Waals surface area (Å²) in [6, 6.07) is 17.8. The van der Waals surface area contributed by atoms with E-state index in [2.05, 4.69) is 22.8 Å². The van der Waals surface area contributed by atoms with Gasteiger partial charge in [0.15, 0.2) is 0 Å². The Kier molecular flexibility index (Phi) is 6.21. The van der Waals surface area contributed by atoms with Crippen molar-refractivity contribution >= 4 is 11.9 Å². The van der Waals surface area contributed by atoms with E-state index in [1.807, 2.05) is 35.2 Å². The van der Waals surface area contributed by atoms with E-state index in [9.17, 15) is 9.59 Å². The molecule has 2 aromatic carbocycles. The van der Waals surface area contributed by atoms with E-state index in [1.54, 1.807) is 19.2 Å². The van der Waals surface area contributed by atoms with E-state index in [-0.39, 0.29) is 18.0 Å². The third-order valence-corrected chi connectivity index (χ3v) is 6.34. The van der Waals surface area contributed by atoms with Crippen LogP contribution in [0.3, 0.4) is 0 Å². The number of nitrogens with one attached hydrogen (secondary N) is 2. The molecule has 1 aliphatic carbocycles. The molecule has 1 atom stereocenters. The molecule has 158 valence electrons. The number of methoxy groups -OCH3 is 1. The molecular weight excluding hydrogens is 378 g/mol. The second-order valence-electron chi connectivity index (χ2n) is 8.06. The van der Waals surface area contributed by atoms with Crippen molar-refractivity contribution in [2.45, 2.75) is 37.8 Å². The number of carbonyl (C=O) groups is 2. The van der Waals surface area contributed by atoms with Gasteiger partial charge in [-0.15, -0.1) is 0 Å². The van der Waals surface area contributed by atoms with Gasteiger partial charge in [-0.05, 0) is 49.3 Å². The van der Waals surface area contributed by atoms with Crippen LogP contribution < -0.4 is 15.4 Å². The minimum Gasteiger partial charge on any atom is -0.496 e. The fourth-order valence-electron chi connectivity index (χ4n) is 4.77. The standard InChI is InChI=1S/C24H29N3O3/c1-30-21-10-6-5-9-20(21)23(28)26-22(17-7-3-2-4-8-17)18-11-13-19(14-12-18)27-16-15-25-24(27)29/h2-10,18-19,22H,11-16H2,1H3,(H,25,29)(H,26,28). The van der Waals surface area contributed by atoms with Gasteiger partial charge in [-0.25, -0.2) is 4.79 Å². The highest BCUT2D eigenvalue weighted by Crippen LogP contribution is 2.37. The number of hydrogen-bond acceptors (Lipinski definition) is 3. The first-order valence-corrected chi connectivity index (χ1v) is 10.7. The summed E-state index contributed by atoms with van der Waals surface area (Å²) in [7, 11) is 1.58. The van der Waals surface area contributed by atoms with Crippen molar-refractivity contribution in [2.75, 3.05) is 20.2 Å². The fraction of sp³-hybridized carbons (Fsp3) is 0.417. The topological polar surface area (TPSA) is 70.7 Å². The van der Waals surface area contributed by atoms with Gasteiger partial charge in [0.05, 0.1) is 18.7 Å². The van der Waals surface area contributed by atoms with Gasteiger partial charge in [-0.1, -0.05) is 42.5 Å². The number of hydrogen-bond donors (Lipinski definition) is 2. The number of ether oxygens (including phenoxy) is 1. The van der Waals surface area contributed by atoms with Gasteiger partial charge < -0.3 is 20.3 Å². The first-order valence-electron chi connectivity index (χ1n) is 10.7. The van der Waals surface area contributed by atoms with E-state index < -0.39 is 0 Å². The summed E-state index contributed by atoms with van der Waals surface area (Å²) in [4.78, 5) is 27.1. The van der Waals surface area contributed by atoms with Crippen molar-refractivity contribution < 1.29 is 14.3 Å². The first-order chi connectivity index (χ1) is 14.7. The molecule has 1 unspecified atom stereocenters. The second kappa shape index (κ2) is 9.20. The lowest BCUT2D eigenvalue weighted by atomic mass is 9.78. The number of benzene rings is 2. The van der Waals surface area contributed by atoms with E-state index in [1.165, 1.54) is 0 Å². The molecule has 0 aromatic heterocycles. The molecule has 2 aromatic rings. The van der Waals surface area contributed by atoms with Crippen LogP contribution >= 0.6 is 0 Å². The summed E-state index contributed by atoms with van der Waals surface area (Å²) in [6.07, 6.45) is 3.87. The van der Waals surface area contributed by atoms with Gasteiger partial charge in [0.25, 0.3) is 5.91 Å². The molecule has 2 fully saturated rings. The number of amides is 3. The van der Waals surface area contributed by atoms with Crippen molar-refractivity contribution in [1.82, 2.24) is 15.5 Å². The Morgan fingerprint density at radius 1 is 1.07 bits per heavy atom. The molecule has 1 saturated heterocycles. The maximum atomic E-state index is 13.1. The first kappa shape index (κ1) is 20.3. The molecule has 0 bridgehead atoms. The number of rotatable bonds is 6. The summed E-state index contributed by atoms with van der Waals surface area (Å²) in [5, 5.41) is 6.18. The van der Waals surface area contributed by atoms with Gasteiger partial charge in [0.1, 0.15) is 5.75 Å². The smallest absolute Gasteiger partial charge is 0.317 e. The predicted molar refractivity (Wildman–Crippen MR) is 115 cm³/mol. The highest BCUT2D eigenvalue weighted by molar-refractivity contribution is 5.97. The minimum absolute atomic E-state index is 0.0579. The van der Waals surface area contributed by atoms with Crippen LogP contribution in [0, 0.1) is 5.92 Å². The quantitative estimate of drug-likeness (QED) is 0.766. The monoisotopic (exact) mass is 407 g/mol.